The topological polar surface area (TPSA) is 61.0 Å². The van der Waals surface area contributed by atoms with Gasteiger partial charge in [-0.15, -0.1) is 5.10 Å². The highest BCUT2D eigenvalue weighted by molar-refractivity contribution is 8.00. The number of non-ortho nitro benzene ring substituents is 1. The van der Waals surface area contributed by atoms with Gasteiger partial charge in [-0.3, -0.25) is 10.1 Å². The molecule has 0 amide bonds. The van der Waals surface area contributed by atoms with Crippen LogP contribution in [-0.2, 0) is 5.75 Å². The molecule has 0 spiro atoms. The highest BCUT2D eigenvalue weighted by Crippen LogP contribution is 2.29. The molecule has 3 rings (SSSR count). The summed E-state index contributed by atoms with van der Waals surface area (Å²) in [5, 5.41) is 16.1. The minimum atomic E-state index is -0.415. The van der Waals surface area contributed by atoms with Gasteiger partial charge in [0, 0.05) is 17.9 Å². The van der Waals surface area contributed by atoms with E-state index in [0.717, 1.165) is 15.6 Å². The molecule has 10 heteroatoms. The largest absolute Gasteiger partial charge is 0.269 e. The van der Waals surface area contributed by atoms with E-state index in [0.29, 0.717) is 19.8 Å². The predicted molar refractivity (Wildman–Crippen MR) is 105 cm³/mol. The van der Waals surface area contributed by atoms with Gasteiger partial charge in [0.25, 0.3) is 5.69 Å². The van der Waals surface area contributed by atoms with Crippen LogP contribution >= 0.6 is 58.5 Å². The van der Waals surface area contributed by atoms with Crippen molar-refractivity contribution in [3.63, 3.8) is 0 Å². The number of nitrogens with zero attached hydrogens (tertiary/aromatic N) is 3. The van der Waals surface area contributed by atoms with E-state index >= 15 is 0 Å². The maximum Gasteiger partial charge on any atom is 0.269 e. The van der Waals surface area contributed by atoms with Gasteiger partial charge in [-0.2, -0.15) is 0 Å². The second-order valence-corrected chi connectivity index (χ2v) is 8.52. The van der Waals surface area contributed by atoms with E-state index in [9.17, 15) is 10.1 Å². The van der Waals surface area contributed by atoms with Gasteiger partial charge in [0.15, 0.2) is 8.29 Å². The summed E-state index contributed by atoms with van der Waals surface area (Å²) >= 11 is 20.2. The third-order valence-electron chi connectivity index (χ3n) is 3.19. The number of rotatable bonds is 5. The van der Waals surface area contributed by atoms with E-state index in [2.05, 4.69) is 5.10 Å². The van der Waals surface area contributed by atoms with Gasteiger partial charge >= 0.3 is 0 Å². The molecule has 0 atom stereocenters. The average Bonchev–Trinajstić information content (AvgIpc) is 2.96. The van der Waals surface area contributed by atoms with Gasteiger partial charge in [-0.05, 0) is 36.0 Å². The summed E-state index contributed by atoms with van der Waals surface area (Å²) in [5.74, 6) is 0.641. The van der Waals surface area contributed by atoms with Crippen LogP contribution in [0.2, 0.25) is 10.0 Å². The van der Waals surface area contributed by atoms with Crippen molar-refractivity contribution >= 4 is 64.2 Å². The van der Waals surface area contributed by atoms with Crippen LogP contribution in [0.4, 0.5) is 5.69 Å². The fourth-order valence-corrected chi connectivity index (χ4v) is 4.57. The van der Waals surface area contributed by atoms with E-state index in [1.807, 2.05) is 0 Å². The zero-order valence-corrected chi connectivity index (χ0v) is 16.3. The van der Waals surface area contributed by atoms with Crippen molar-refractivity contribution in [1.29, 1.82) is 0 Å². The first-order chi connectivity index (χ1) is 11.9. The highest BCUT2D eigenvalue weighted by atomic mass is 35.5. The van der Waals surface area contributed by atoms with Crippen LogP contribution in [0.3, 0.4) is 0 Å². The Morgan fingerprint density at radius 3 is 2.56 bits per heavy atom. The summed E-state index contributed by atoms with van der Waals surface area (Å²) in [7, 11) is 0. The highest BCUT2D eigenvalue weighted by Gasteiger charge is 2.09. The van der Waals surface area contributed by atoms with E-state index in [-0.39, 0.29) is 5.69 Å². The summed E-state index contributed by atoms with van der Waals surface area (Å²) in [5.41, 5.74) is 1.80. The van der Waals surface area contributed by atoms with Gasteiger partial charge in [-0.25, -0.2) is 4.68 Å². The normalized spacial score (nSPS) is 10.8. The zero-order valence-electron chi connectivity index (χ0n) is 12.4. The number of aromatic nitrogens is 2. The summed E-state index contributed by atoms with van der Waals surface area (Å²) in [6.07, 6.45) is 0. The molecule has 1 heterocycles. The summed E-state index contributed by atoms with van der Waals surface area (Å²) in [6.45, 7) is 0. The monoisotopic (exact) mass is 429 g/mol. The van der Waals surface area contributed by atoms with E-state index in [1.165, 1.54) is 35.2 Å². The molecule has 0 aliphatic heterocycles. The zero-order chi connectivity index (χ0) is 18.0. The van der Waals surface area contributed by atoms with Crippen molar-refractivity contribution in [3.8, 4) is 5.69 Å². The smallest absolute Gasteiger partial charge is 0.258 e. The van der Waals surface area contributed by atoms with Crippen molar-refractivity contribution in [2.24, 2.45) is 0 Å². The number of halogens is 2. The molecule has 0 aliphatic rings. The Bertz CT molecular complexity index is 986. The molecule has 0 aliphatic carbocycles. The minimum Gasteiger partial charge on any atom is -0.258 e. The molecule has 0 saturated heterocycles. The minimum absolute atomic E-state index is 0.0771. The summed E-state index contributed by atoms with van der Waals surface area (Å²) < 4.78 is 3.04. The van der Waals surface area contributed by atoms with Crippen molar-refractivity contribution < 1.29 is 4.92 Å². The molecule has 0 unspecified atom stereocenters. The molecular weight excluding hydrogens is 421 g/mol. The lowest BCUT2D eigenvalue weighted by Crippen LogP contribution is -1.96. The molecule has 1 aromatic heterocycles. The Hall–Kier alpha value is -1.45. The first-order valence-electron chi connectivity index (χ1n) is 6.86. The molecule has 25 heavy (non-hydrogen) atoms. The molecule has 0 bridgehead atoms. The standard InChI is InChI=1S/C15H9Cl2N3O2S3/c16-12-6-5-11(7-13(12)17)19-15(23)25-14(18-19)24-8-9-1-3-10(4-2-9)20(21)22/h1-7H,8H2. The third kappa shape index (κ3) is 4.39. The van der Waals surface area contributed by atoms with Crippen LogP contribution in [0.15, 0.2) is 46.8 Å². The number of benzene rings is 2. The molecule has 2 aromatic carbocycles. The fraction of sp³-hybridized carbons (Fsp3) is 0.0667. The van der Waals surface area contributed by atoms with Crippen LogP contribution < -0.4 is 0 Å². The fourth-order valence-electron chi connectivity index (χ4n) is 1.96. The van der Waals surface area contributed by atoms with Crippen LogP contribution in [0.5, 0.6) is 0 Å². The van der Waals surface area contributed by atoms with Crippen LogP contribution in [0.1, 0.15) is 5.56 Å². The van der Waals surface area contributed by atoms with Gasteiger partial charge in [0.05, 0.1) is 20.7 Å². The predicted octanol–water partition coefficient (Wildman–Crippen LogP) is 6.17. The number of thioether (sulfide) groups is 1. The second kappa shape index (κ2) is 7.84. The molecular formula is C15H9Cl2N3O2S3. The Morgan fingerprint density at radius 2 is 1.92 bits per heavy atom. The molecule has 128 valence electrons. The lowest BCUT2D eigenvalue weighted by atomic mass is 10.2. The van der Waals surface area contributed by atoms with Crippen LogP contribution in [0.25, 0.3) is 5.69 Å². The summed E-state index contributed by atoms with van der Waals surface area (Å²) in [4.78, 5) is 10.3. The molecule has 0 N–H and O–H groups in total. The van der Waals surface area contributed by atoms with Crippen molar-refractivity contribution in [1.82, 2.24) is 9.78 Å². The first-order valence-corrected chi connectivity index (χ1v) is 9.82. The van der Waals surface area contributed by atoms with E-state index in [1.54, 1.807) is 35.0 Å². The van der Waals surface area contributed by atoms with Crippen molar-refractivity contribution in [2.75, 3.05) is 0 Å². The Kier molecular flexibility index (Phi) is 5.75. The second-order valence-electron chi connectivity index (χ2n) is 4.86. The molecule has 3 aromatic rings. The maximum absolute atomic E-state index is 10.7. The summed E-state index contributed by atoms with van der Waals surface area (Å²) in [6, 6.07) is 11.7. The van der Waals surface area contributed by atoms with Crippen molar-refractivity contribution in [3.05, 3.63) is 72.1 Å². The van der Waals surface area contributed by atoms with Crippen molar-refractivity contribution in [2.45, 2.75) is 10.1 Å². The Morgan fingerprint density at radius 1 is 1.20 bits per heavy atom. The van der Waals surface area contributed by atoms with E-state index in [4.69, 9.17) is 35.4 Å². The maximum atomic E-state index is 10.7. The first kappa shape index (κ1) is 18.3. The quantitative estimate of drug-likeness (QED) is 0.210. The Balaban J connectivity index is 1.75. The number of hydrogen-bond donors (Lipinski definition) is 0. The molecule has 0 radical (unpaired) electrons. The molecule has 0 fully saturated rings. The molecule has 5 nitrogen and oxygen atoms in total. The SMILES string of the molecule is O=[N+]([O-])c1ccc(CSc2nn(-c3ccc(Cl)c(Cl)c3)c(=S)s2)cc1. The number of hydrogen-bond acceptors (Lipinski definition) is 6. The number of nitro benzene ring substituents is 1. The van der Waals surface area contributed by atoms with E-state index < -0.39 is 4.92 Å². The van der Waals surface area contributed by atoms with Crippen LogP contribution in [-0.4, -0.2) is 14.7 Å². The van der Waals surface area contributed by atoms with Gasteiger partial charge in [0.2, 0.25) is 0 Å². The van der Waals surface area contributed by atoms with Gasteiger partial charge < -0.3 is 0 Å². The Labute approximate surface area is 166 Å². The lowest BCUT2D eigenvalue weighted by Gasteiger charge is -2.02. The third-order valence-corrected chi connectivity index (χ3v) is 6.36. The average molecular weight is 430 g/mol. The number of nitro groups is 1. The van der Waals surface area contributed by atoms with Crippen LogP contribution in [0, 0.1) is 14.1 Å². The molecule has 0 saturated carbocycles. The lowest BCUT2D eigenvalue weighted by molar-refractivity contribution is -0.384. The van der Waals surface area contributed by atoms with Gasteiger partial charge in [-0.1, -0.05) is 58.4 Å². The van der Waals surface area contributed by atoms with Gasteiger partial charge in [0.1, 0.15) is 0 Å².